The Kier molecular flexibility index (Phi) is 2.78. The fraction of sp³-hybridized carbons (Fsp3) is 0.200. The summed E-state index contributed by atoms with van der Waals surface area (Å²) >= 11 is 0. The third-order valence-corrected chi connectivity index (χ3v) is 2.02. The average Bonchev–Trinajstić information content (AvgIpc) is 2.30. The Morgan fingerprint density at radius 1 is 1.44 bits per heavy atom. The van der Waals surface area contributed by atoms with E-state index in [1.54, 1.807) is 24.3 Å². The third-order valence-electron chi connectivity index (χ3n) is 2.02. The quantitative estimate of drug-likeness (QED) is 0.460. The van der Waals surface area contributed by atoms with Crippen LogP contribution in [0.15, 0.2) is 24.3 Å². The molecule has 1 heterocycles. The van der Waals surface area contributed by atoms with Crippen molar-refractivity contribution in [3.05, 3.63) is 29.5 Å². The molecule has 0 spiro atoms. The second-order valence-electron chi connectivity index (χ2n) is 3.13. The molecule has 0 atom stereocenters. The average molecular weight is 215 g/mol. The number of nitriles is 1. The van der Waals surface area contributed by atoms with E-state index in [2.05, 4.69) is 15.4 Å². The molecule has 2 rings (SSSR count). The minimum absolute atomic E-state index is 0.240. The Labute approximate surface area is 91.7 Å². The molecule has 0 aliphatic heterocycles. The van der Waals surface area contributed by atoms with Gasteiger partial charge in [-0.3, -0.25) is 0 Å². The first-order valence-electron chi connectivity index (χ1n) is 4.79. The molecule has 1 aromatic heterocycles. The lowest BCUT2D eigenvalue weighted by Crippen LogP contribution is -2.33. The van der Waals surface area contributed by atoms with Crippen LogP contribution < -0.4 is 10.2 Å². The first-order chi connectivity index (χ1) is 7.81. The SMILES string of the molecule is N#CCCNc1nc2ccccc2[n+]([O-])n1. The van der Waals surface area contributed by atoms with Gasteiger partial charge in [0, 0.05) is 12.6 Å². The van der Waals surface area contributed by atoms with Gasteiger partial charge in [0.25, 0.3) is 11.5 Å². The van der Waals surface area contributed by atoms with Gasteiger partial charge >= 0.3 is 0 Å². The largest absolute Gasteiger partial charge is 0.594 e. The summed E-state index contributed by atoms with van der Waals surface area (Å²) in [5.74, 6) is 0.240. The van der Waals surface area contributed by atoms with Gasteiger partial charge in [0.05, 0.1) is 17.6 Å². The zero-order valence-corrected chi connectivity index (χ0v) is 8.42. The van der Waals surface area contributed by atoms with Crippen molar-refractivity contribution >= 4 is 17.0 Å². The van der Waals surface area contributed by atoms with E-state index in [0.717, 1.165) is 0 Å². The summed E-state index contributed by atoms with van der Waals surface area (Å²) in [7, 11) is 0. The summed E-state index contributed by atoms with van der Waals surface area (Å²) in [4.78, 5) is 4.68. The van der Waals surface area contributed by atoms with E-state index in [4.69, 9.17) is 5.26 Å². The predicted molar refractivity (Wildman–Crippen MR) is 57.2 cm³/mol. The second kappa shape index (κ2) is 4.40. The predicted octanol–water partition coefficient (Wildman–Crippen LogP) is 0.589. The fourth-order valence-corrected chi connectivity index (χ4v) is 1.30. The van der Waals surface area contributed by atoms with E-state index in [9.17, 15) is 5.21 Å². The minimum Gasteiger partial charge on any atom is -0.594 e. The monoisotopic (exact) mass is 215 g/mol. The van der Waals surface area contributed by atoms with E-state index >= 15 is 0 Å². The van der Waals surface area contributed by atoms with Gasteiger partial charge < -0.3 is 10.5 Å². The third kappa shape index (κ3) is 1.98. The highest BCUT2D eigenvalue weighted by molar-refractivity contribution is 5.71. The van der Waals surface area contributed by atoms with Crippen LogP contribution in [0.1, 0.15) is 6.42 Å². The van der Waals surface area contributed by atoms with Gasteiger partial charge in [-0.25, -0.2) is 4.98 Å². The van der Waals surface area contributed by atoms with Crippen molar-refractivity contribution in [2.24, 2.45) is 0 Å². The number of hydrogen-bond donors (Lipinski definition) is 1. The van der Waals surface area contributed by atoms with Crippen molar-refractivity contribution in [3.63, 3.8) is 0 Å². The van der Waals surface area contributed by atoms with Crippen LogP contribution in [0.25, 0.3) is 11.0 Å². The van der Waals surface area contributed by atoms with Crippen LogP contribution in [0.2, 0.25) is 0 Å². The molecule has 6 nitrogen and oxygen atoms in total. The van der Waals surface area contributed by atoms with E-state index < -0.39 is 0 Å². The molecule has 0 radical (unpaired) electrons. The Morgan fingerprint density at radius 3 is 3.06 bits per heavy atom. The zero-order valence-electron chi connectivity index (χ0n) is 8.42. The smallest absolute Gasteiger partial charge is 0.290 e. The fourth-order valence-electron chi connectivity index (χ4n) is 1.30. The van der Waals surface area contributed by atoms with Crippen molar-refractivity contribution < 1.29 is 4.85 Å². The van der Waals surface area contributed by atoms with E-state index in [1.807, 2.05) is 6.07 Å². The van der Waals surface area contributed by atoms with Crippen LogP contribution in [-0.2, 0) is 0 Å². The highest BCUT2D eigenvalue weighted by Crippen LogP contribution is 2.07. The number of nitrogens with one attached hydrogen (secondary N) is 1. The Hall–Kier alpha value is -2.42. The second-order valence-corrected chi connectivity index (χ2v) is 3.13. The molecule has 0 saturated heterocycles. The van der Waals surface area contributed by atoms with E-state index in [1.165, 1.54) is 0 Å². The molecule has 80 valence electrons. The van der Waals surface area contributed by atoms with Gasteiger partial charge in [-0.1, -0.05) is 12.1 Å². The maximum absolute atomic E-state index is 11.5. The highest BCUT2D eigenvalue weighted by Gasteiger charge is 2.08. The number of hydrogen-bond acceptors (Lipinski definition) is 5. The normalized spacial score (nSPS) is 9.94. The number of anilines is 1. The maximum atomic E-state index is 11.5. The number of rotatable bonds is 3. The molecular weight excluding hydrogens is 206 g/mol. The molecule has 0 bridgehead atoms. The first kappa shape index (κ1) is 10.1. The number of para-hydroxylation sites is 2. The van der Waals surface area contributed by atoms with Gasteiger partial charge in [0.15, 0.2) is 0 Å². The van der Waals surface area contributed by atoms with Crippen molar-refractivity contribution in [3.8, 4) is 6.07 Å². The lowest BCUT2D eigenvalue weighted by Gasteiger charge is -2.02. The maximum Gasteiger partial charge on any atom is 0.290 e. The number of aromatic nitrogens is 3. The van der Waals surface area contributed by atoms with E-state index in [0.29, 0.717) is 28.8 Å². The first-order valence-corrected chi connectivity index (χ1v) is 4.79. The Morgan fingerprint density at radius 2 is 2.25 bits per heavy atom. The lowest BCUT2D eigenvalue weighted by atomic mass is 10.3. The van der Waals surface area contributed by atoms with Crippen molar-refractivity contribution in [2.75, 3.05) is 11.9 Å². The molecule has 0 aliphatic rings. The summed E-state index contributed by atoms with van der Waals surface area (Å²) in [6.07, 6.45) is 0.342. The molecule has 0 aliphatic carbocycles. The van der Waals surface area contributed by atoms with Crippen LogP contribution in [0.4, 0.5) is 5.95 Å². The Balaban J connectivity index is 2.31. The van der Waals surface area contributed by atoms with Gasteiger partial charge in [0.2, 0.25) is 0 Å². The summed E-state index contributed by atoms with van der Waals surface area (Å²) in [5.41, 5.74) is 1.00. The summed E-state index contributed by atoms with van der Waals surface area (Å²) in [5, 5.41) is 26.4. The molecule has 0 unspecified atom stereocenters. The molecule has 0 saturated carbocycles. The van der Waals surface area contributed by atoms with Crippen LogP contribution >= 0.6 is 0 Å². The van der Waals surface area contributed by atoms with Gasteiger partial charge in [-0.05, 0) is 10.9 Å². The molecule has 6 heteroatoms. The van der Waals surface area contributed by atoms with Crippen LogP contribution in [0.5, 0.6) is 0 Å². The molecule has 1 aromatic carbocycles. The Bertz CT molecular complexity index is 548. The van der Waals surface area contributed by atoms with Crippen LogP contribution in [0, 0.1) is 16.5 Å². The zero-order chi connectivity index (χ0) is 11.4. The van der Waals surface area contributed by atoms with Gasteiger partial charge in [-0.2, -0.15) is 5.26 Å². The van der Waals surface area contributed by atoms with Gasteiger partial charge in [-0.15, -0.1) is 0 Å². The van der Waals surface area contributed by atoms with Crippen molar-refractivity contribution in [2.45, 2.75) is 6.42 Å². The highest BCUT2D eigenvalue weighted by atomic mass is 16.5. The van der Waals surface area contributed by atoms with Crippen molar-refractivity contribution in [1.82, 2.24) is 10.1 Å². The number of fused-ring (bicyclic) bond motifs is 1. The van der Waals surface area contributed by atoms with Crippen LogP contribution in [0.3, 0.4) is 0 Å². The molecule has 0 fully saturated rings. The molecular formula is C10H9N5O. The lowest BCUT2D eigenvalue weighted by molar-refractivity contribution is -0.641. The minimum atomic E-state index is 0.240. The van der Waals surface area contributed by atoms with Crippen molar-refractivity contribution in [1.29, 1.82) is 5.26 Å². The molecule has 2 aromatic rings. The van der Waals surface area contributed by atoms with Gasteiger partial charge in [0.1, 0.15) is 5.52 Å². The molecule has 0 amide bonds. The number of nitrogens with zero attached hydrogens (tertiary/aromatic N) is 4. The molecule has 16 heavy (non-hydrogen) atoms. The standard InChI is InChI=1S/C10H9N5O/c11-6-3-7-12-10-13-8-4-1-2-5-9(8)15(16)14-10/h1-2,4-5H,3,7H2,(H,12,13,14). The summed E-state index contributed by atoms with van der Waals surface area (Å²) in [6, 6.07) is 8.93. The topological polar surface area (TPSA) is 88.5 Å². The summed E-state index contributed by atoms with van der Waals surface area (Å²) in [6.45, 7) is 0.425. The summed E-state index contributed by atoms with van der Waals surface area (Å²) < 4.78 is 0. The molecule has 1 N–H and O–H groups in total. The number of benzene rings is 1. The van der Waals surface area contributed by atoms with Crippen LogP contribution in [-0.4, -0.2) is 16.6 Å². The van der Waals surface area contributed by atoms with E-state index in [-0.39, 0.29) is 5.95 Å².